The first kappa shape index (κ1) is 20.7. The van der Waals surface area contributed by atoms with Crippen molar-refractivity contribution in [2.45, 2.75) is 0 Å². The summed E-state index contributed by atoms with van der Waals surface area (Å²) in [6.45, 7) is 0. The number of fused-ring (bicyclic) bond motifs is 2. The molecule has 0 aliphatic carbocycles. The van der Waals surface area contributed by atoms with Crippen LogP contribution in [0.25, 0.3) is 33.7 Å². The minimum absolute atomic E-state index is 0.0424. The first-order chi connectivity index (χ1) is 16.4. The molecule has 34 heavy (non-hydrogen) atoms. The number of aromatic nitrogens is 3. The van der Waals surface area contributed by atoms with Gasteiger partial charge in [0, 0.05) is 11.3 Å². The van der Waals surface area contributed by atoms with E-state index >= 15 is 0 Å². The Balaban J connectivity index is 1.91. The second kappa shape index (κ2) is 7.72. The van der Waals surface area contributed by atoms with Crippen molar-refractivity contribution in [2.24, 2.45) is 5.73 Å². The molecule has 0 fully saturated rings. The number of nitriles is 1. The van der Waals surface area contributed by atoms with Crippen molar-refractivity contribution in [3.05, 3.63) is 105 Å². The van der Waals surface area contributed by atoms with E-state index < -0.39 is 17.2 Å². The Morgan fingerprint density at radius 2 is 1.71 bits per heavy atom. The molecule has 1 amide bonds. The van der Waals surface area contributed by atoms with Crippen LogP contribution in [-0.4, -0.2) is 25.1 Å². The summed E-state index contributed by atoms with van der Waals surface area (Å²) in [5.74, 6) is -0.563. The number of benzene rings is 3. The van der Waals surface area contributed by atoms with Crippen LogP contribution in [0.5, 0.6) is 5.75 Å². The molecule has 164 valence electrons. The topological polar surface area (TPSA) is 144 Å². The summed E-state index contributed by atoms with van der Waals surface area (Å²) in [5, 5.41) is 19.7. The fraction of sp³-hybridized carbons (Fsp3) is 0. The number of carbonyl (C=O) groups is 1. The van der Waals surface area contributed by atoms with E-state index in [0.717, 1.165) is 4.57 Å². The molecule has 0 saturated heterocycles. The smallest absolute Gasteiger partial charge is 0.357 e. The molecule has 0 aromatic heterocycles. The molecule has 2 aliphatic rings. The van der Waals surface area contributed by atoms with Gasteiger partial charge in [-0.3, -0.25) is 14.2 Å². The molecule has 5 rings (SSSR count). The third-order valence-electron chi connectivity index (χ3n) is 5.48. The lowest BCUT2D eigenvalue weighted by Gasteiger charge is -2.19. The second-order valence-electron chi connectivity index (χ2n) is 7.57. The number of pyridine rings is 1. The highest BCUT2D eigenvalue weighted by Crippen LogP contribution is 2.29. The van der Waals surface area contributed by atoms with Crippen LogP contribution >= 0.6 is 0 Å². The van der Waals surface area contributed by atoms with Crippen molar-refractivity contribution in [2.75, 3.05) is 0 Å². The zero-order chi connectivity index (χ0) is 24.0. The van der Waals surface area contributed by atoms with E-state index in [1.54, 1.807) is 41.0 Å². The van der Waals surface area contributed by atoms with Gasteiger partial charge in [0.05, 0.1) is 28.4 Å². The molecule has 3 aromatic rings. The number of nitrogens with two attached hydrogens (primary N) is 1. The van der Waals surface area contributed by atoms with Gasteiger partial charge in [-0.25, -0.2) is 9.36 Å². The molecule has 0 unspecified atom stereocenters. The molecular formula is C25H15N5O4. The van der Waals surface area contributed by atoms with Gasteiger partial charge in [0.2, 0.25) is 5.91 Å². The van der Waals surface area contributed by atoms with Crippen molar-refractivity contribution in [3.8, 4) is 34.6 Å². The van der Waals surface area contributed by atoms with E-state index in [-0.39, 0.29) is 28.4 Å². The average molecular weight is 449 g/mol. The zero-order valence-electron chi connectivity index (χ0n) is 17.5. The highest BCUT2D eigenvalue weighted by Gasteiger charge is 2.22. The molecule has 3 N–H and O–H groups in total. The molecule has 3 aromatic carbocycles. The van der Waals surface area contributed by atoms with E-state index in [1.165, 1.54) is 36.4 Å². The third-order valence-corrected chi connectivity index (χ3v) is 5.48. The van der Waals surface area contributed by atoms with Crippen LogP contribution in [0.4, 0.5) is 0 Å². The van der Waals surface area contributed by atoms with E-state index in [1.807, 2.05) is 0 Å². The van der Waals surface area contributed by atoms with Gasteiger partial charge in [0.1, 0.15) is 5.75 Å². The number of hydrogen-bond donors (Lipinski definition) is 2. The summed E-state index contributed by atoms with van der Waals surface area (Å²) in [5.41, 5.74) is 5.80. The summed E-state index contributed by atoms with van der Waals surface area (Å²) >= 11 is 0. The fourth-order valence-corrected chi connectivity index (χ4v) is 3.89. The number of phenolic OH excluding ortho intramolecular Hbond substituents is 1. The number of rotatable bonds is 3. The van der Waals surface area contributed by atoms with Gasteiger partial charge in [-0.15, -0.1) is 0 Å². The van der Waals surface area contributed by atoms with Gasteiger partial charge >= 0.3 is 5.69 Å². The Morgan fingerprint density at radius 1 is 0.941 bits per heavy atom. The van der Waals surface area contributed by atoms with E-state index in [2.05, 4.69) is 11.1 Å². The van der Waals surface area contributed by atoms with Crippen LogP contribution in [0.1, 0.15) is 15.9 Å². The molecular weight excluding hydrogens is 434 g/mol. The Bertz CT molecular complexity index is 1740. The number of primary amides is 1. The van der Waals surface area contributed by atoms with Crippen molar-refractivity contribution in [1.82, 2.24) is 14.1 Å². The number of phenols is 1. The second-order valence-corrected chi connectivity index (χ2v) is 7.57. The minimum Gasteiger partial charge on any atom is -0.508 e. The Labute approximate surface area is 191 Å². The van der Waals surface area contributed by atoms with Crippen molar-refractivity contribution in [1.29, 1.82) is 5.26 Å². The summed E-state index contributed by atoms with van der Waals surface area (Å²) < 4.78 is 2.48. The van der Waals surface area contributed by atoms with Crippen LogP contribution in [0.3, 0.4) is 0 Å². The minimum atomic E-state index is -0.845. The Hall–Kier alpha value is -5.23. The first-order valence-electron chi connectivity index (χ1n) is 10.1. The Kier molecular flexibility index (Phi) is 4.69. The van der Waals surface area contributed by atoms with Crippen LogP contribution in [0.15, 0.2) is 82.4 Å². The number of amides is 1. The molecule has 0 saturated carbocycles. The fourth-order valence-electron chi connectivity index (χ4n) is 3.89. The molecule has 9 nitrogen and oxygen atoms in total. The molecule has 2 aliphatic heterocycles. The lowest BCUT2D eigenvalue weighted by atomic mass is 10.1. The number of aromatic hydroxyl groups is 1. The lowest BCUT2D eigenvalue weighted by Crippen LogP contribution is -2.37. The van der Waals surface area contributed by atoms with Gasteiger partial charge in [-0.2, -0.15) is 10.2 Å². The van der Waals surface area contributed by atoms with Crippen LogP contribution < -0.4 is 17.0 Å². The van der Waals surface area contributed by atoms with E-state index in [9.17, 15) is 24.8 Å². The molecule has 9 heteroatoms. The van der Waals surface area contributed by atoms with E-state index in [0.29, 0.717) is 22.2 Å². The number of hydrogen-bond acceptors (Lipinski definition) is 6. The SMILES string of the molecule is N#Cc1ccc2cc3c(=O)n(-c4cccc(C(N)=O)c4)c(=O)nc-3n(-c3ccc(O)cc3)c2c1. The maximum atomic E-state index is 13.5. The van der Waals surface area contributed by atoms with Crippen molar-refractivity contribution < 1.29 is 9.90 Å². The normalized spacial score (nSPS) is 10.9. The number of carbonyl (C=O) groups excluding carboxylic acids is 1. The van der Waals surface area contributed by atoms with Crippen LogP contribution in [0, 0.1) is 11.3 Å². The predicted octanol–water partition coefficient (Wildman–Crippen LogP) is 2.32. The highest BCUT2D eigenvalue weighted by molar-refractivity contribution is 5.93. The summed E-state index contributed by atoms with van der Waals surface area (Å²) in [6, 6.07) is 20.7. The van der Waals surface area contributed by atoms with Crippen molar-refractivity contribution in [3.63, 3.8) is 0 Å². The Morgan fingerprint density at radius 3 is 2.41 bits per heavy atom. The molecule has 2 heterocycles. The zero-order valence-corrected chi connectivity index (χ0v) is 17.5. The molecule has 0 atom stereocenters. The maximum Gasteiger partial charge on any atom is 0.357 e. The monoisotopic (exact) mass is 449 g/mol. The number of nitrogens with zero attached hydrogens (tertiary/aromatic N) is 4. The van der Waals surface area contributed by atoms with Gasteiger partial charge in [0.15, 0.2) is 5.82 Å². The van der Waals surface area contributed by atoms with Crippen molar-refractivity contribution >= 4 is 16.8 Å². The lowest BCUT2D eigenvalue weighted by molar-refractivity contribution is 0.1000. The van der Waals surface area contributed by atoms with E-state index in [4.69, 9.17) is 5.73 Å². The van der Waals surface area contributed by atoms with Gasteiger partial charge in [-0.1, -0.05) is 12.1 Å². The molecule has 0 bridgehead atoms. The van der Waals surface area contributed by atoms with Crippen LogP contribution in [-0.2, 0) is 0 Å². The van der Waals surface area contributed by atoms with Gasteiger partial charge in [-0.05, 0) is 66.0 Å². The first-order valence-corrected chi connectivity index (χ1v) is 10.1. The summed E-state index contributed by atoms with van der Waals surface area (Å²) in [7, 11) is 0. The van der Waals surface area contributed by atoms with Crippen LogP contribution in [0.2, 0.25) is 0 Å². The average Bonchev–Trinajstić information content (AvgIpc) is 2.83. The quantitative estimate of drug-likeness (QED) is 0.405. The largest absolute Gasteiger partial charge is 0.508 e. The standard InChI is InChI=1S/C25H15N5O4/c26-13-14-4-5-15-12-20-23(29(21(15)10-14)17-6-8-19(31)9-7-17)28-25(34)30(24(20)33)18-3-1-2-16(11-18)22(27)32/h1-12,31H,(H2,27,32). The highest BCUT2D eigenvalue weighted by atomic mass is 16.3. The van der Waals surface area contributed by atoms with Gasteiger partial charge < -0.3 is 10.8 Å². The maximum absolute atomic E-state index is 13.5. The molecule has 0 spiro atoms. The predicted molar refractivity (Wildman–Crippen MR) is 124 cm³/mol. The van der Waals surface area contributed by atoms with Gasteiger partial charge in [0.25, 0.3) is 5.56 Å². The molecule has 0 radical (unpaired) electrons. The summed E-state index contributed by atoms with van der Waals surface area (Å²) in [6.07, 6.45) is 0. The third kappa shape index (κ3) is 3.27. The summed E-state index contributed by atoms with van der Waals surface area (Å²) in [4.78, 5) is 42.4.